The molecule has 0 aliphatic rings. The van der Waals surface area contributed by atoms with Crippen LogP contribution in [0, 0.1) is 0 Å². The van der Waals surface area contributed by atoms with Gasteiger partial charge in [-0.15, -0.1) is 0 Å². The summed E-state index contributed by atoms with van der Waals surface area (Å²) in [6.45, 7) is 0. The maximum Gasteiger partial charge on any atom is 0.231 e. The van der Waals surface area contributed by atoms with Crippen LogP contribution in [0.1, 0.15) is 16.8 Å². The van der Waals surface area contributed by atoms with Crippen molar-refractivity contribution in [3.05, 3.63) is 78.6 Å². The molecule has 2 aromatic heterocycles. The molecule has 4 rings (SSSR count). The molecule has 0 fully saturated rings. The van der Waals surface area contributed by atoms with Gasteiger partial charge < -0.3 is 0 Å². The summed E-state index contributed by atoms with van der Waals surface area (Å²) in [7, 11) is 0. The largest absolute Gasteiger partial charge is 0.278 e. The highest BCUT2D eigenvalue weighted by Crippen LogP contribution is 2.28. The number of fused-ring (bicyclic) bond motifs is 3. The van der Waals surface area contributed by atoms with E-state index in [-0.39, 0.29) is 5.91 Å². The highest BCUT2D eigenvalue weighted by atomic mass is 16.2. The van der Waals surface area contributed by atoms with E-state index in [0.717, 1.165) is 28.2 Å². The minimum absolute atomic E-state index is 0.105. The van der Waals surface area contributed by atoms with Gasteiger partial charge in [0.2, 0.25) is 5.91 Å². The number of hydrogen-bond acceptors (Lipinski definition) is 2. The van der Waals surface area contributed by atoms with Gasteiger partial charge in [-0.05, 0) is 24.1 Å². The number of carbonyl (C=O) groups is 1. The molecule has 0 amide bonds. The molecular formula is C20H16N2O. The maximum absolute atomic E-state index is 12.8. The number of aryl methyl sites for hydroxylation is 1. The zero-order valence-corrected chi connectivity index (χ0v) is 12.6. The first-order chi connectivity index (χ1) is 11.3. The molecule has 0 bridgehead atoms. The van der Waals surface area contributed by atoms with Crippen LogP contribution < -0.4 is 0 Å². The van der Waals surface area contributed by atoms with Crippen LogP contribution >= 0.6 is 0 Å². The topological polar surface area (TPSA) is 34.9 Å². The Labute approximate surface area is 134 Å². The van der Waals surface area contributed by atoms with Crippen molar-refractivity contribution in [3.8, 4) is 0 Å². The highest BCUT2D eigenvalue weighted by Gasteiger charge is 2.15. The van der Waals surface area contributed by atoms with E-state index in [4.69, 9.17) is 0 Å². The number of rotatable bonds is 3. The third-order valence-corrected chi connectivity index (χ3v) is 4.20. The van der Waals surface area contributed by atoms with Gasteiger partial charge in [0.25, 0.3) is 0 Å². The fraction of sp³-hybridized carbons (Fsp3) is 0.100. The van der Waals surface area contributed by atoms with Crippen molar-refractivity contribution in [2.24, 2.45) is 0 Å². The Balaban J connectivity index is 1.76. The van der Waals surface area contributed by atoms with Crippen molar-refractivity contribution in [2.75, 3.05) is 0 Å². The number of aromatic nitrogens is 2. The van der Waals surface area contributed by atoms with Gasteiger partial charge in [0.05, 0.1) is 17.2 Å². The van der Waals surface area contributed by atoms with Gasteiger partial charge in [-0.1, -0.05) is 48.5 Å². The van der Waals surface area contributed by atoms with Crippen molar-refractivity contribution in [1.29, 1.82) is 0 Å². The average Bonchev–Trinajstić information content (AvgIpc) is 2.95. The van der Waals surface area contributed by atoms with Crippen LogP contribution in [-0.4, -0.2) is 15.5 Å². The smallest absolute Gasteiger partial charge is 0.231 e. The second-order valence-corrected chi connectivity index (χ2v) is 5.62. The molecule has 3 nitrogen and oxygen atoms in total. The van der Waals surface area contributed by atoms with E-state index in [1.807, 2.05) is 42.5 Å². The molecule has 2 heterocycles. The number of pyridine rings is 1. The van der Waals surface area contributed by atoms with E-state index >= 15 is 0 Å². The predicted octanol–water partition coefficient (Wildman–Crippen LogP) is 4.46. The van der Waals surface area contributed by atoms with Gasteiger partial charge in [-0.25, -0.2) is 0 Å². The third kappa shape index (κ3) is 2.40. The normalized spacial score (nSPS) is 11.1. The SMILES string of the molecule is O=C(CCc1ccccc1)n1c2ccccc2c2ccncc21. The lowest BCUT2D eigenvalue weighted by molar-refractivity contribution is 0.0913. The molecule has 0 spiro atoms. The average molecular weight is 300 g/mol. The molecule has 0 saturated carbocycles. The molecule has 0 radical (unpaired) electrons. The Hall–Kier alpha value is -2.94. The zero-order valence-electron chi connectivity index (χ0n) is 12.6. The summed E-state index contributed by atoms with van der Waals surface area (Å²) in [4.78, 5) is 17.0. The van der Waals surface area contributed by atoms with E-state index in [2.05, 4.69) is 23.2 Å². The molecule has 4 aromatic rings. The molecule has 0 N–H and O–H groups in total. The summed E-state index contributed by atoms with van der Waals surface area (Å²) in [5.74, 6) is 0.105. The molecule has 112 valence electrons. The second kappa shape index (κ2) is 5.69. The quantitative estimate of drug-likeness (QED) is 0.560. The van der Waals surface area contributed by atoms with Gasteiger partial charge in [-0.3, -0.25) is 14.3 Å². The number of para-hydroxylation sites is 1. The summed E-state index contributed by atoms with van der Waals surface area (Å²) in [6.07, 6.45) is 4.77. The first kappa shape index (κ1) is 13.7. The lowest BCUT2D eigenvalue weighted by Crippen LogP contribution is -2.11. The summed E-state index contributed by atoms with van der Waals surface area (Å²) in [5, 5.41) is 2.17. The molecule has 0 aliphatic heterocycles. The Kier molecular flexibility index (Phi) is 3.39. The van der Waals surface area contributed by atoms with Gasteiger partial charge in [0.15, 0.2) is 0 Å². The lowest BCUT2D eigenvalue weighted by atomic mass is 10.1. The van der Waals surface area contributed by atoms with E-state index in [1.165, 1.54) is 5.56 Å². The van der Waals surface area contributed by atoms with Crippen LogP contribution in [0.25, 0.3) is 21.8 Å². The number of benzene rings is 2. The number of nitrogens with zero attached hydrogens (tertiary/aromatic N) is 2. The highest BCUT2D eigenvalue weighted by molar-refractivity contribution is 6.13. The molecule has 3 heteroatoms. The fourth-order valence-corrected chi connectivity index (χ4v) is 3.09. The maximum atomic E-state index is 12.8. The van der Waals surface area contributed by atoms with Crippen LogP contribution in [0.15, 0.2) is 73.1 Å². The van der Waals surface area contributed by atoms with Crippen LogP contribution in [0.2, 0.25) is 0 Å². The monoisotopic (exact) mass is 300 g/mol. The van der Waals surface area contributed by atoms with Gasteiger partial charge in [0, 0.05) is 23.4 Å². The van der Waals surface area contributed by atoms with Crippen molar-refractivity contribution >= 4 is 27.7 Å². The summed E-state index contributed by atoms with van der Waals surface area (Å²) in [5.41, 5.74) is 3.01. The van der Waals surface area contributed by atoms with Crippen molar-refractivity contribution in [3.63, 3.8) is 0 Å². The summed E-state index contributed by atoms with van der Waals surface area (Å²) in [6, 6.07) is 20.1. The fourth-order valence-electron chi connectivity index (χ4n) is 3.09. The van der Waals surface area contributed by atoms with E-state index < -0.39 is 0 Å². The van der Waals surface area contributed by atoms with E-state index in [0.29, 0.717) is 6.42 Å². The Morgan fingerprint density at radius 1 is 0.870 bits per heavy atom. The predicted molar refractivity (Wildman–Crippen MR) is 92.6 cm³/mol. The Morgan fingerprint density at radius 2 is 1.61 bits per heavy atom. The standard InChI is InChI=1S/C20H16N2O/c23-20(11-10-15-6-2-1-3-7-15)22-18-9-5-4-8-16(18)17-12-13-21-14-19(17)22/h1-9,12-14H,10-11H2. The van der Waals surface area contributed by atoms with E-state index in [1.54, 1.807) is 17.0 Å². The lowest BCUT2D eigenvalue weighted by Gasteiger charge is -2.06. The zero-order chi connectivity index (χ0) is 15.6. The third-order valence-electron chi connectivity index (χ3n) is 4.20. The van der Waals surface area contributed by atoms with Gasteiger partial charge in [-0.2, -0.15) is 0 Å². The molecule has 0 saturated heterocycles. The number of hydrogen-bond donors (Lipinski definition) is 0. The van der Waals surface area contributed by atoms with Crippen molar-refractivity contribution < 1.29 is 4.79 Å². The van der Waals surface area contributed by atoms with Crippen LogP contribution in [-0.2, 0) is 6.42 Å². The second-order valence-electron chi connectivity index (χ2n) is 5.62. The summed E-state index contributed by atoms with van der Waals surface area (Å²) < 4.78 is 1.81. The Morgan fingerprint density at radius 3 is 2.48 bits per heavy atom. The van der Waals surface area contributed by atoms with Crippen LogP contribution in [0.5, 0.6) is 0 Å². The van der Waals surface area contributed by atoms with E-state index in [9.17, 15) is 4.79 Å². The molecule has 23 heavy (non-hydrogen) atoms. The molecule has 0 unspecified atom stereocenters. The Bertz CT molecular complexity index is 933. The van der Waals surface area contributed by atoms with Crippen LogP contribution in [0.3, 0.4) is 0 Å². The molecule has 0 aliphatic carbocycles. The first-order valence-electron chi connectivity index (χ1n) is 7.75. The van der Waals surface area contributed by atoms with Crippen molar-refractivity contribution in [2.45, 2.75) is 12.8 Å². The molecule has 2 aromatic carbocycles. The molecular weight excluding hydrogens is 284 g/mol. The van der Waals surface area contributed by atoms with Crippen LogP contribution in [0.4, 0.5) is 0 Å². The minimum Gasteiger partial charge on any atom is -0.278 e. The van der Waals surface area contributed by atoms with Crippen molar-refractivity contribution in [1.82, 2.24) is 9.55 Å². The molecule has 0 atom stereocenters. The number of carbonyl (C=O) groups excluding carboxylic acids is 1. The van der Waals surface area contributed by atoms with Gasteiger partial charge in [0.1, 0.15) is 0 Å². The van der Waals surface area contributed by atoms with Gasteiger partial charge >= 0.3 is 0 Å². The summed E-state index contributed by atoms with van der Waals surface area (Å²) >= 11 is 0. The first-order valence-corrected chi connectivity index (χ1v) is 7.75. The minimum atomic E-state index is 0.105.